The van der Waals surface area contributed by atoms with E-state index in [1.165, 1.54) is 4.90 Å². The molecule has 0 saturated heterocycles. The van der Waals surface area contributed by atoms with E-state index in [1.807, 2.05) is 24.4 Å². The Morgan fingerprint density at radius 2 is 1.80 bits per heavy atom. The summed E-state index contributed by atoms with van der Waals surface area (Å²) in [6.45, 7) is -0.120. The summed E-state index contributed by atoms with van der Waals surface area (Å²) in [6, 6.07) is 17.7. The number of ketones is 1. The van der Waals surface area contributed by atoms with Gasteiger partial charge in [-0.15, -0.1) is 0 Å². The zero-order chi connectivity index (χ0) is 17.6. The van der Waals surface area contributed by atoms with Crippen LogP contribution in [0.3, 0.4) is 0 Å². The van der Waals surface area contributed by atoms with E-state index in [2.05, 4.69) is 9.97 Å². The maximum atomic E-state index is 12.3. The van der Waals surface area contributed by atoms with Crippen molar-refractivity contribution >= 4 is 23.3 Å². The van der Waals surface area contributed by atoms with Gasteiger partial charge in [-0.3, -0.25) is 4.79 Å². The number of hydrogen-bond acceptors (Lipinski definition) is 5. The Morgan fingerprint density at radius 1 is 1.08 bits per heavy atom. The third-order valence-electron chi connectivity index (χ3n) is 3.54. The number of nitriles is 1. The van der Waals surface area contributed by atoms with Crippen LogP contribution in [0.5, 0.6) is 0 Å². The summed E-state index contributed by atoms with van der Waals surface area (Å²) in [4.78, 5) is 22.0. The summed E-state index contributed by atoms with van der Waals surface area (Å²) in [5.74, 6) is 0.00174. The van der Waals surface area contributed by atoms with Gasteiger partial charge in [-0.1, -0.05) is 54.1 Å². The van der Waals surface area contributed by atoms with Gasteiger partial charge in [0.1, 0.15) is 0 Å². The maximum absolute atomic E-state index is 12.3. The molecule has 3 rings (SSSR count). The molecule has 0 aliphatic heterocycles. The van der Waals surface area contributed by atoms with Crippen molar-refractivity contribution in [2.45, 2.75) is 0 Å². The lowest BCUT2D eigenvalue weighted by molar-refractivity contribution is 0.100. The molecule has 122 valence electrons. The number of carbonyl (C=O) groups is 1. The highest BCUT2D eigenvalue weighted by molar-refractivity contribution is 6.30. The van der Waals surface area contributed by atoms with Crippen LogP contribution in [-0.4, -0.2) is 22.3 Å². The molecule has 0 unspecified atom stereocenters. The van der Waals surface area contributed by atoms with E-state index in [0.717, 1.165) is 5.56 Å². The Hall–Kier alpha value is -3.23. The summed E-state index contributed by atoms with van der Waals surface area (Å²) in [7, 11) is 0. The highest BCUT2D eigenvalue weighted by atomic mass is 35.5. The van der Waals surface area contributed by atoms with Crippen LogP contribution in [0.15, 0.2) is 66.9 Å². The Labute approximate surface area is 150 Å². The van der Waals surface area contributed by atoms with Crippen LogP contribution in [-0.2, 0) is 0 Å². The average molecular weight is 349 g/mol. The van der Waals surface area contributed by atoms with Crippen molar-refractivity contribution in [1.29, 1.82) is 5.26 Å². The molecule has 1 heterocycles. The molecule has 3 aromatic rings. The first-order valence-electron chi connectivity index (χ1n) is 7.52. The molecule has 0 spiro atoms. The van der Waals surface area contributed by atoms with Gasteiger partial charge in [0.05, 0.1) is 12.2 Å². The number of Topliss-reactive ketones (excluding diaryl/α,β-unsaturated/α-hetero) is 1. The van der Waals surface area contributed by atoms with E-state index in [0.29, 0.717) is 16.3 Å². The van der Waals surface area contributed by atoms with Gasteiger partial charge in [0.25, 0.3) is 0 Å². The molecule has 5 nitrogen and oxygen atoms in total. The monoisotopic (exact) mass is 348 g/mol. The van der Waals surface area contributed by atoms with Crippen molar-refractivity contribution in [2.75, 3.05) is 11.4 Å². The summed E-state index contributed by atoms with van der Waals surface area (Å²) < 4.78 is 0. The van der Waals surface area contributed by atoms with E-state index in [9.17, 15) is 10.1 Å². The number of rotatable bonds is 5. The largest absolute Gasteiger partial charge is 0.292 e. The van der Waals surface area contributed by atoms with Gasteiger partial charge >= 0.3 is 0 Å². The number of anilines is 1. The first kappa shape index (κ1) is 16.6. The third kappa shape index (κ3) is 4.00. The molecule has 0 aliphatic carbocycles. The lowest BCUT2D eigenvalue weighted by atomic mass is 10.1. The fraction of sp³-hybridized carbons (Fsp3) is 0.0526. The van der Waals surface area contributed by atoms with E-state index in [1.54, 1.807) is 48.7 Å². The van der Waals surface area contributed by atoms with Crippen molar-refractivity contribution in [1.82, 2.24) is 9.97 Å². The normalized spacial score (nSPS) is 10.1. The molecule has 0 amide bonds. The van der Waals surface area contributed by atoms with Crippen LogP contribution in [0, 0.1) is 11.5 Å². The number of nitrogens with zero attached hydrogens (tertiary/aromatic N) is 4. The number of aromatic nitrogens is 2. The number of benzene rings is 2. The van der Waals surface area contributed by atoms with Crippen molar-refractivity contribution in [3.63, 3.8) is 0 Å². The SMILES string of the molecule is N#CN(CC(=O)c1ccccc1)c1nccc(-c2ccc(Cl)cc2)n1. The second-order valence-corrected chi connectivity index (χ2v) is 5.66. The summed E-state index contributed by atoms with van der Waals surface area (Å²) in [5.41, 5.74) is 2.03. The van der Waals surface area contributed by atoms with Crippen LogP contribution >= 0.6 is 11.6 Å². The molecule has 0 atom stereocenters. The molecular formula is C19H13ClN4O. The highest BCUT2D eigenvalue weighted by Crippen LogP contribution is 2.21. The van der Waals surface area contributed by atoms with Gasteiger partial charge in [0.2, 0.25) is 5.95 Å². The number of halogens is 1. The minimum Gasteiger partial charge on any atom is -0.292 e. The molecule has 0 bridgehead atoms. The standard InChI is InChI=1S/C19H13ClN4O/c20-16-8-6-14(7-9-16)17-10-11-22-19(23-17)24(13-21)12-18(25)15-4-2-1-3-5-15/h1-11H,12H2. The van der Waals surface area contributed by atoms with Crippen molar-refractivity contribution in [3.05, 3.63) is 77.4 Å². The zero-order valence-corrected chi connectivity index (χ0v) is 13.9. The smallest absolute Gasteiger partial charge is 0.239 e. The minimum absolute atomic E-state index is 0.120. The van der Waals surface area contributed by atoms with Crippen molar-refractivity contribution < 1.29 is 4.79 Å². The number of carbonyl (C=O) groups excluding carboxylic acids is 1. The van der Waals surface area contributed by atoms with Crippen LogP contribution < -0.4 is 4.90 Å². The molecule has 0 fully saturated rings. The minimum atomic E-state index is -0.178. The third-order valence-corrected chi connectivity index (χ3v) is 3.79. The van der Waals surface area contributed by atoms with Gasteiger partial charge in [-0.25, -0.2) is 14.9 Å². The average Bonchev–Trinajstić information content (AvgIpc) is 2.67. The van der Waals surface area contributed by atoms with Crippen LogP contribution in [0.2, 0.25) is 5.02 Å². The Kier molecular flexibility index (Phi) is 5.03. The second kappa shape index (κ2) is 7.56. The molecule has 0 N–H and O–H groups in total. The molecule has 2 aromatic carbocycles. The van der Waals surface area contributed by atoms with Crippen LogP contribution in [0.1, 0.15) is 10.4 Å². The predicted molar refractivity (Wildman–Crippen MR) is 96.2 cm³/mol. The van der Waals surface area contributed by atoms with Crippen molar-refractivity contribution in [2.24, 2.45) is 0 Å². The molecule has 0 saturated carbocycles. The zero-order valence-electron chi connectivity index (χ0n) is 13.1. The highest BCUT2D eigenvalue weighted by Gasteiger charge is 2.16. The van der Waals surface area contributed by atoms with Gasteiger partial charge in [0, 0.05) is 22.3 Å². The Balaban J connectivity index is 1.84. The Bertz CT molecular complexity index is 920. The van der Waals surface area contributed by atoms with Gasteiger partial charge < -0.3 is 0 Å². The molecule has 25 heavy (non-hydrogen) atoms. The topological polar surface area (TPSA) is 69.9 Å². The van der Waals surface area contributed by atoms with E-state index < -0.39 is 0 Å². The lowest BCUT2D eigenvalue weighted by Crippen LogP contribution is -2.26. The lowest BCUT2D eigenvalue weighted by Gasteiger charge is -2.13. The fourth-order valence-corrected chi connectivity index (χ4v) is 2.40. The molecule has 0 aliphatic rings. The van der Waals surface area contributed by atoms with Gasteiger partial charge in [-0.2, -0.15) is 5.26 Å². The molecule has 6 heteroatoms. The predicted octanol–water partition coefficient (Wildman–Crippen LogP) is 3.97. The summed E-state index contributed by atoms with van der Waals surface area (Å²) in [6.07, 6.45) is 3.53. The number of hydrogen-bond donors (Lipinski definition) is 0. The summed E-state index contributed by atoms with van der Waals surface area (Å²) >= 11 is 5.90. The second-order valence-electron chi connectivity index (χ2n) is 5.22. The first-order chi connectivity index (χ1) is 12.2. The summed E-state index contributed by atoms with van der Waals surface area (Å²) in [5, 5.41) is 10.0. The van der Waals surface area contributed by atoms with E-state index >= 15 is 0 Å². The van der Waals surface area contributed by atoms with E-state index in [4.69, 9.17) is 11.6 Å². The molecular weight excluding hydrogens is 336 g/mol. The van der Waals surface area contributed by atoms with Crippen LogP contribution in [0.4, 0.5) is 5.95 Å². The quantitative estimate of drug-likeness (QED) is 0.396. The van der Waals surface area contributed by atoms with Crippen LogP contribution in [0.25, 0.3) is 11.3 Å². The Morgan fingerprint density at radius 3 is 2.48 bits per heavy atom. The van der Waals surface area contributed by atoms with E-state index in [-0.39, 0.29) is 18.3 Å². The van der Waals surface area contributed by atoms with Gasteiger partial charge in [-0.05, 0) is 18.2 Å². The van der Waals surface area contributed by atoms with Gasteiger partial charge in [0.15, 0.2) is 12.0 Å². The molecule has 0 radical (unpaired) electrons. The van der Waals surface area contributed by atoms with Crippen molar-refractivity contribution in [3.8, 4) is 17.5 Å². The fourth-order valence-electron chi connectivity index (χ4n) is 2.27. The maximum Gasteiger partial charge on any atom is 0.239 e. The first-order valence-corrected chi connectivity index (χ1v) is 7.89. The molecule has 1 aromatic heterocycles.